The Morgan fingerprint density at radius 3 is 2.52 bits per heavy atom. The number of benzene rings is 1. The van der Waals surface area contributed by atoms with Gasteiger partial charge >= 0.3 is 0 Å². The van der Waals surface area contributed by atoms with Crippen LogP contribution in [0.1, 0.15) is 46.1 Å². The molecule has 0 bridgehead atoms. The quantitative estimate of drug-likeness (QED) is 0.826. The smallest absolute Gasteiger partial charge is 0.239 e. The summed E-state index contributed by atoms with van der Waals surface area (Å²) in [6.45, 7) is 12.2. The molecule has 140 valence electrons. The van der Waals surface area contributed by atoms with Crippen LogP contribution in [0.25, 0.3) is 0 Å². The maximum Gasteiger partial charge on any atom is 0.239 e. The van der Waals surface area contributed by atoms with Gasteiger partial charge in [-0.1, -0.05) is 44.2 Å². The van der Waals surface area contributed by atoms with Gasteiger partial charge in [0.1, 0.15) is 0 Å². The summed E-state index contributed by atoms with van der Waals surface area (Å²) in [5, 5.41) is 0. The lowest BCUT2D eigenvalue weighted by Crippen LogP contribution is -2.51. The SMILES string of the molecule is CC(C)[C@H](N)C(=O)N1CCCC(CN(Cc2ccccc2)C(C)C)C1. The summed E-state index contributed by atoms with van der Waals surface area (Å²) in [7, 11) is 0. The van der Waals surface area contributed by atoms with E-state index in [0.717, 1.165) is 32.6 Å². The molecule has 2 N–H and O–H groups in total. The zero-order chi connectivity index (χ0) is 18.4. The molecule has 1 heterocycles. The molecule has 1 aliphatic rings. The van der Waals surface area contributed by atoms with Crippen LogP contribution < -0.4 is 5.73 Å². The van der Waals surface area contributed by atoms with Gasteiger partial charge in [-0.3, -0.25) is 9.69 Å². The van der Waals surface area contributed by atoms with Crippen molar-refractivity contribution in [2.24, 2.45) is 17.6 Å². The van der Waals surface area contributed by atoms with Crippen molar-refractivity contribution in [3.05, 3.63) is 35.9 Å². The van der Waals surface area contributed by atoms with Crippen LogP contribution in [0.3, 0.4) is 0 Å². The first-order valence-corrected chi connectivity index (χ1v) is 9.70. The van der Waals surface area contributed by atoms with Crippen LogP contribution in [0.4, 0.5) is 0 Å². The number of hydrogen-bond donors (Lipinski definition) is 1. The van der Waals surface area contributed by atoms with E-state index in [-0.39, 0.29) is 17.9 Å². The summed E-state index contributed by atoms with van der Waals surface area (Å²) in [6.07, 6.45) is 2.28. The third kappa shape index (κ3) is 5.82. The van der Waals surface area contributed by atoms with Gasteiger partial charge < -0.3 is 10.6 Å². The van der Waals surface area contributed by atoms with Gasteiger partial charge in [0, 0.05) is 32.2 Å². The number of nitrogens with two attached hydrogens (primary N) is 1. The molecule has 2 rings (SSSR count). The Morgan fingerprint density at radius 2 is 1.92 bits per heavy atom. The van der Waals surface area contributed by atoms with Crippen LogP contribution in [0, 0.1) is 11.8 Å². The van der Waals surface area contributed by atoms with Crippen molar-refractivity contribution in [1.29, 1.82) is 0 Å². The molecule has 0 aromatic heterocycles. The minimum absolute atomic E-state index is 0.124. The lowest BCUT2D eigenvalue weighted by molar-refractivity contribution is -0.135. The lowest BCUT2D eigenvalue weighted by Gasteiger charge is -2.38. The molecule has 1 aliphatic heterocycles. The highest BCUT2D eigenvalue weighted by Crippen LogP contribution is 2.21. The molecular formula is C21H35N3O. The summed E-state index contributed by atoms with van der Waals surface area (Å²) >= 11 is 0. The molecule has 0 spiro atoms. The van der Waals surface area contributed by atoms with E-state index in [2.05, 4.69) is 49.1 Å². The number of likely N-dealkylation sites (tertiary alicyclic amines) is 1. The van der Waals surface area contributed by atoms with Crippen LogP contribution in [0.2, 0.25) is 0 Å². The number of carbonyl (C=O) groups excluding carboxylic acids is 1. The fraction of sp³-hybridized carbons (Fsp3) is 0.667. The van der Waals surface area contributed by atoms with Gasteiger partial charge in [0.05, 0.1) is 6.04 Å². The highest BCUT2D eigenvalue weighted by molar-refractivity contribution is 5.82. The maximum atomic E-state index is 12.6. The molecule has 1 saturated heterocycles. The van der Waals surface area contributed by atoms with Gasteiger partial charge in [0.15, 0.2) is 0 Å². The predicted octanol–water partition coefficient (Wildman–Crippen LogP) is 3.12. The number of hydrogen-bond acceptors (Lipinski definition) is 3. The third-order valence-corrected chi connectivity index (χ3v) is 5.29. The van der Waals surface area contributed by atoms with Crippen molar-refractivity contribution in [2.45, 2.75) is 59.2 Å². The highest BCUT2D eigenvalue weighted by Gasteiger charge is 2.29. The summed E-state index contributed by atoms with van der Waals surface area (Å²) < 4.78 is 0. The zero-order valence-electron chi connectivity index (χ0n) is 16.3. The number of rotatable bonds is 7. The van der Waals surface area contributed by atoms with E-state index in [9.17, 15) is 4.79 Å². The first-order chi connectivity index (χ1) is 11.9. The fourth-order valence-corrected chi connectivity index (χ4v) is 3.52. The zero-order valence-corrected chi connectivity index (χ0v) is 16.3. The Balaban J connectivity index is 1.96. The Kier molecular flexibility index (Phi) is 7.45. The number of nitrogens with zero attached hydrogens (tertiary/aromatic N) is 2. The van der Waals surface area contributed by atoms with Gasteiger partial charge in [-0.25, -0.2) is 0 Å². The topological polar surface area (TPSA) is 49.6 Å². The second-order valence-corrected chi connectivity index (χ2v) is 8.07. The average molecular weight is 346 g/mol. The molecule has 4 heteroatoms. The minimum atomic E-state index is -0.371. The number of carbonyl (C=O) groups is 1. The van der Waals surface area contributed by atoms with Crippen LogP contribution >= 0.6 is 0 Å². The van der Waals surface area contributed by atoms with Crippen molar-refractivity contribution in [2.75, 3.05) is 19.6 Å². The van der Waals surface area contributed by atoms with Crippen LogP contribution in [-0.2, 0) is 11.3 Å². The van der Waals surface area contributed by atoms with E-state index in [1.165, 1.54) is 12.0 Å². The van der Waals surface area contributed by atoms with Gasteiger partial charge in [-0.2, -0.15) is 0 Å². The standard InChI is InChI=1S/C21H35N3O/c1-16(2)20(22)21(25)23-12-8-11-19(14-23)15-24(17(3)4)13-18-9-6-5-7-10-18/h5-7,9-10,16-17,19-20H,8,11-15,22H2,1-4H3/t19?,20-/m0/s1. The third-order valence-electron chi connectivity index (χ3n) is 5.29. The summed E-state index contributed by atoms with van der Waals surface area (Å²) in [5.74, 6) is 0.847. The average Bonchev–Trinajstić information content (AvgIpc) is 2.60. The van der Waals surface area contributed by atoms with Gasteiger partial charge in [-0.15, -0.1) is 0 Å². The second-order valence-electron chi connectivity index (χ2n) is 8.07. The van der Waals surface area contributed by atoms with Crippen molar-refractivity contribution < 1.29 is 4.79 Å². The summed E-state index contributed by atoms with van der Waals surface area (Å²) in [6, 6.07) is 10.8. The van der Waals surface area contributed by atoms with Crippen LogP contribution in [-0.4, -0.2) is 47.4 Å². The first kappa shape index (κ1) is 19.9. The summed E-state index contributed by atoms with van der Waals surface area (Å²) in [5.41, 5.74) is 7.44. The van der Waals surface area contributed by atoms with Gasteiger partial charge in [0.25, 0.3) is 0 Å². The molecule has 2 atom stereocenters. The Labute approximate surface area is 153 Å². The molecule has 25 heavy (non-hydrogen) atoms. The molecule has 1 aromatic carbocycles. The monoisotopic (exact) mass is 345 g/mol. The first-order valence-electron chi connectivity index (χ1n) is 9.70. The van der Waals surface area contributed by atoms with Crippen molar-refractivity contribution >= 4 is 5.91 Å². The Morgan fingerprint density at radius 1 is 1.24 bits per heavy atom. The minimum Gasteiger partial charge on any atom is -0.341 e. The molecule has 0 radical (unpaired) electrons. The van der Waals surface area contributed by atoms with Crippen LogP contribution in [0.5, 0.6) is 0 Å². The molecule has 1 unspecified atom stereocenters. The van der Waals surface area contributed by atoms with Crippen molar-refractivity contribution in [3.8, 4) is 0 Å². The van der Waals surface area contributed by atoms with E-state index in [1.807, 2.05) is 18.7 Å². The van der Waals surface area contributed by atoms with Crippen LogP contribution in [0.15, 0.2) is 30.3 Å². The molecule has 1 aromatic rings. The van der Waals surface area contributed by atoms with Crippen molar-refractivity contribution in [1.82, 2.24) is 9.80 Å². The van der Waals surface area contributed by atoms with E-state index in [0.29, 0.717) is 12.0 Å². The predicted molar refractivity (Wildman–Crippen MR) is 104 cm³/mol. The van der Waals surface area contributed by atoms with E-state index >= 15 is 0 Å². The van der Waals surface area contributed by atoms with E-state index in [1.54, 1.807) is 0 Å². The Hall–Kier alpha value is -1.39. The number of amides is 1. The van der Waals surface area contributed by atoms with E-state index < -0.39 is 0 Å². The molecule has 0 saturated carbocycles. The molecular weight excluding hydrogens is 310 g/mol. The van der Waals surface area contributed by atoms with Gasteiger partial charge in [-0.05, 0) is 44.1 Å². The normalized spacial score (nSPS) is 19.7. The fourth-order valence-electron chi connectivity index (χ4n) is 3.52. The van der Waals surface area contributed by atoms with E-state index in [4.69, 9.17) is 5.73 Å². The maximum absolute atomic E-state index is 12.6. The molecule has 1 fully saturated rings. The van der Waals surface area contributed by atoms with Crippen molar-refractivity contribution in [3.63, 3.8) is 0 Å². The Bertz CT molecular complexity index is 529. The molecule has 0 aliphatic carbocycles. The second kappa shape index (κ2) is 9.35. The lowest BCUT2D eigenvalue weighted by atomic mass is 9.95. The number of piperidine rings is 1. The highest BCUT2D eigenvalue weighted by atomic mass is 16.2. The molecule has 4 nitrogen and oxygen atoms in total. The molecule has 1 amide bonds. The van der Waals surface area contributed by atoms with Gasteiger partial charge in [0.2, 0.25) is 5.91 Å². The largest absolute Gasteiger partial charge is 0.341 e. The summed E-state index contributed by atoms with van der Waals surface area (Å²) in [4.78, 5) is 17.1.